The number of unbranched alkanes of at least 4 members (excludes halogenated alkanes) is 1. The van der Waals surface area contributed by atoms with E-state index in [4.69, 9.17) is 0 Å². The first-order valence-electron chi connectivity index (χ1n) is 11.3. The highest BCUT2D eigenvalue weighted by molar-refractivity contribution is 8.14. The second-order valence-corrected chi connectivity index (χ2v) is 9.52. The third-order valence-electron chi connectivity index (χ3n) is 5.73. The van der Waals surface area contributed by atoms with Gasteiger partial charge in [-0.1, -0.05) is 70.9 Å². The molecule has 2 aromatic rings. The Morgan fingerprint density at radius 1 is 0.935 bits per heavy atom. The molecule has 0 aliphatic carbocycles. The smallest absolute Gasteiger partial charge is 0.288 e. The van der Waals surface area contributed by atoms with Crippen molar-refractivity contribution < 1.29 is 9.59 Å². The standard InChI is InChI=1S/C26H36N2O2S/c1-5-7-18-26(6-2,19-17-20(3)4)24(29)28-22-15-11-12-16-23(22)31-25(30)27-21-13-9-8-10-14-21/h8-16,20H,5-7,17-19H2,1-4H3,(H,27,30)(H,28,29). The molecule has 0 spiro atoms. The summed E-state index contributed by atoms with van der Waals surface area (Å²) in [6.07, 6.45) is 5.73. The molecular formula is C26H36N2O2S. The summed E-state index contributed by atoms with van der Waals surface area (Å²) in [7, 11) is 0. The minimum atomic E-state index is -0.371. The van der Waals surface area contributed by atoms with Gasteiger partial charge in [-0.2, -0.15) is 0 Å². The minimum Gasteiger partial charge on any atom is -0.325 e. The first-order valence-corrected chi connectivity index (χ1v) is 12.2. The normalized spacial score (nSPS) is 12.9. The number of para-hydroxylation sites is 2. The zero-order valence-electron chi connectivity index (χ0n) is 19.2. The lowest BCUT2D eigenvalue weighted by atomic mass is 9.74. The quantitative estimate of drug-likeness (QED) is 0.348. The molecule has 1 atom stereocenters. The summed E-state index contributed by atoms with van der Waals surface area (Å²) >= 11 is 1.10. The maximum Gasteiger partial charge on any atom is 0.288 e. The van der Waals surface area contributed by atoms with E-state index >= 15 is 0 Å². The number of carbonyl (C=O) groups excluding carboxylic acids is 2. The van der Waals surface area contributed by atoms with Crippen LogP contribution in [0.5, 0.6) is 0 Å². The molecule has 31 heavy (non-hydrogen) atoms. The number of benzene rings is 2. The van der Waals surface area contributed by atoms with Crippen LogP contribution in [0.4, 0.5) is 16.2 Å². The molecule has 0 fully saturated rings. The van der Waals surface area contributed by atoms with Gasteiger partial charge in [0.1, 0.15) is 0 Å². The topological polar surface area (TPSA) is 58.2 Å². The fraction of sp³-hybridized carbons (Fsp3) is 0.462. The molecule has 5 heteroatoms. The Morgan fingerprint density at radius 3 is 2.26 bits per heavy atom. The summed E-state index contributed by atoms with van der Waals surface area (Å²) in [6.45, 7) is 8.69. The zero-order valence-corrected chi connectivity index (χ0v) is 20.1. The zero-order chi connectivity index (χ0) is 22.7. The van der Waals surface area contributed by atoms with Crippen molar-refractivity contribution in [2.24, 2.45) is 11.3 Å². The van der Waals surface area contributed by atoms with Gasteiger partial charge in [-0.3, -0.25) is 9.59 Å². The Morgan fingerprint density at radius 2 is 1.61 bits per heavy atom. The van der Waals surface area contributed by atoms with Crippen molar-refractivity contribution in [1.82, 2.24) is 0 Å². The van der Waals surface area contributed by atoms with Crippen LogP contribution in [0.1, 0.15) is 66.2 Å². The van der Waals surface area contributed by atoms with Crippen molar-refractivity contribution in [2.75, 3.05) is 10.6 Å². The van der Waals surface area contributed by atoms with E-state index < -0.39 is 0 Å². The van der Waals surface area contributed by atoms with Gasteiger partial charge in [-0.05, 0) is 67.6 Å². The van der Waals surface area contributed by atoms with E-state index in [0.717, 1.165) is 60.9 Å². The van der Waals surface area contributed by atoms with Gasteiger partial charge < -0.3 is 10.6 Å². The van der Waals surface area contributed by atoms with Crippen molar-refractivity contribution in [3.8, 4) is 0 Å². The van der Waals surface area contributed by atoms with Crippen LogP contribution in [0.15, 0.2) is 59.5 Å². The Balaban J connectivity index is 2.16. The van der Waals surface area contributed by atoms with E-state index in [1.807, 2.05) is 54.6 Å². The van der Waals surface area contributed by atoms with Gasteiger partial charge in [-0.25, -0.2) is 0 Å². The fourth-order valence-electron chi connectivity index (χ4n) is 3.62. The molecule has 0 aromatic heterocycles. The van der Waals surface area contributed by atoms with E-state index in [-0.39, 0.29) is 16.6 Å². The van der Waals surface area contributed by atoms with E-state index in [2.05, 4.69) is 38.3 Å². The molecule has 0 radical (unpaired) electrons. The second kappa shape index (κ2) is 12.6. The number of hydrogen-bond donors (Lipinski definition) is 2. The monoisotopic (exact) mass is 440 g/mol. The molecule has 0 saturated heterocycles. The summed E-state index contributed by atoms with van der Waals surface area (Å²) in [5, 5.41) is 5.87. The number of rotatable bonds is 11. The lowest BCUT2D eigenvalue weighted by Crippen LogP contribution is -2.36. The predicted octanol–water partition coefficient (Wildman–Crippen LogP) is 7.97. The molecule has 0 heterocycles. The van der Waals surface area contributed by atoms with Crippen LogP contribution in [-0.4, -0.2) is 11.1 Å². The molecule has 0 saturated carbocycles. The average molecular weight is 441 g/mol. The minimum absolute atomic E-state index is 0.0700. The summed E-state index contributed by atoms with van der Waals surface area (Å²) < 4.78 is 0. The number of anilines is 2. The molecule has 2 amide bonds. The largest absolute Gasteiger partial charge is 0.325 e. The van der Waals surface area contributed by atoms with Crippen LogP contribution in [0, 0.1) is 11.3 Å². The average Bonchev–Trinajstić information content (AvgIpc) is 2.76. The Bertz CT molecular complexity index is 838. The van der Waals surface area contributed by atoms with Gasteiger partial charge in [0.25, 0.3) is 5.24 Å². The molecule has 2 aromatic carbocycles. The Hall–Kier alpha value is -2.27. The van der Waals surface area contributed by atoms with Crippen molar-refractivity contribution in [2.45, 2.75) is 71.1 Å². The van der Waals surface area contributed by atoms with Crippen LogP contribution in [0.3, 0.4) is 0 Å². The van der Waals surface area contributed by atoms with E-state index in [1.165, 1.54) is 0 Å². The highest BCUT2D eigenvalue weighted by atomic mass is 32.2. The molecular weight excluding hydrogens is 404 g/mol. The third kappa shape index (κ3) is 7.73. The molecule has 1 unspecified atom stereocenters. The Kier molecular flexibility index (Phi) is 10.1. The SMILES string of the molecule is CCCCC(CC)(CCC(C)C)C(=O)Nc1ccccc1SC(=O)Nc1ccccc1. The van der Waals surface area contributed by atoms with Gasteiger partial charge in [0.2, 0.25) is 5.91 Å². The van der Waals surface area contributed by atoms with E-state index in [1.54, 1.807) is 0 Å². The van der Waals surface area contributed by atoms with Crippen molar-refractivity contribution in [3.63, 3.8) is 0 Å². The van der Waals surface area contributed by atoms with Crippen LogP contribution in [0.2, 0.25) is 0 Å². The summed E-state index contributed by atoms with van der Waals surface area (Å²) in [5.74, 6) is 0.630. The van der Waals surface area contributed by atoms with E-state index in [0.29, 0.717) is 11.6 Å². The van der Waals surface area contributed by atoms with E-state index in [9.17, 15) is 9.59 Å². The molecule has 0 aliphatic rings. The number of amides is 2. The fourth-order valence-corrected chi connectivity index (χ4v) is 4.37. The molecule has 0 bridgehead atoms. The molecule has 2 N–H and O–H groups in total. The van der Waals surface area contributed by atoms with Crippen molar-refractivity contribution >= 4 is 34.3 Å². The summed E-state index contributed by atoms with van der Waals surface area (Å²) in [5.41, 5.74) is 1.07. The van der Waals surface area contributed by atoms with Gasteiger partial charge in [0.05, 0.1) is 5.69 Å². The van der Waals surface area contributed by atoms with Crippen molar-refractivity contribution in [3.05, 3.63) is 54.6 Å². The maximum atomic E-state index is 13.5. The number of nitrogens with one attached hydrogen (secondary N) is 2. The lowest BCUT2D eigenvalue weighted by Gasteiger charge is -2.32. The third-order valence-corrected chi connectivity index (χ3v) is 6.59. The highest BCUT2D eigenvalue weighted by Gasteiger charge is 2.36. The first kappa shape index (κ1) is 25.0. The van der Waals surface area contributed by atoms with Gasteiger partial charge >= 0.3 is 0 Å². The first-order chi connectivity index (χ1) is 14.9. The lowest BCUT2D eigenvalue weighted by molar-refractivity contribution is -0.127. The van der Waals surface area contributed by atoms with Gasteiger partial charge in [0.15, 0.2) is 0 Å². The van der Waals surface area contributed by atoms with Crippen LogP contribution < -0.4 is 10.6 Å². The second-order valence-electron chi connectivity index (χ2n) is 8.50. The molecule has 168 valence electrons. The summed E-state index contributed by atoms with van der Waals surface area (Å²) in [4.78, 5) is 26.8. The maximum absolute atomic E-state index is 13.5. The molecule has 0 aliphatic heterocycles. The predicted molar refractivity (Wildman–Crippen MR) is 133 cm³/mol. The Labute approximate surface area is 191 Å². The number of carbonyl (C=O) groups is 2. The van der Waals surface area contributed by atoms with Crippen LogP contribution in [0.25, 0.3) is 0 Å². The number of hydrogen-bond acceptors (Lipinski definition) is 3. The molecule has 4 nitrogen and oxygen atoms in total. The molecule has 2 rings (SSSR count). The number of thioether (sulfide) groups is 1. The van der Waals surface area contributed by atoms with Crippen molar-refractivity contribution in [1.29, 1.82) is 0 Å². The van der Waals surface area contributed by atoms with Crippen LogP contribution >= 0.6 is 11.8 Å². The van der Waals surface area contributed by atoms with Gasteiger partial charge in [0, 0.05) is 16.0 Å². The van der Waals surface area contributed by atoms with Crippen LogP contribution in [-0.2, 0) is 4.79 Å². The van der Waals surface area contributed by atoms with Gasteiger partial charge in [-0.15, -0.1) is 0 Å². The highest BCUT2D eigenvalue weighted by Crippen LogP contribution is 2.38. The summed E-state index contributed by atoms with van der Waals surface area (Å²) in [6, 6.07) is 16.9.